The van der Waals surface area contributed by atoms with Crippen LogP contribution in [0.2, 0.25) is 0 Å². The average molecular weight is 350 g/mol. The molecule has 24 heavy (non-hydrogen) atoms. The SMILES string of the molecule is O=C(O)CN(CCN(CC(=O)O)CC(=O)NCO)CC(=O)NCO. The Morgan fingerprint density at radius 3 is 1.25 bits per heavy atom. The molecule has 0 fully saturated rings. The third-order valence-corrected chi connectivity index (χ3v) is 2.74. The van der Waals surface area contributed by atoms with Crippen molar-refractivity contribution in [2.75, 3.05) is 52.7 Å². The number of aliphatic hydroxyl groups excluding tert-OH is 2. The van der Waals surface area contributed by atoms with Crippen LogP contribution in [0, 0.1) is 0 Å². The van der Waals surface area contributed by atoms with Gasteiger partial charge in [0, 0.05) is 13.1 Å². The third-order valence-electron chi connectivity index (χ3n) is 2.74. The van der Waals surface area contributed by atoms with Crippen LogP contribution in [0.3, 0.4) is 0 Å². The van der Waals surface area contributed by atoms with Gasteiger partial charge in [-0.1, -0.05) is 0 Å². The molecule has 6 N–H and O–H groups in total. The molecule has 0 aromatic rings. The van der Waals surface area contributed by atoms with Gasteiger partial charge in [-0.25, -0.2) is 0 Å². The minimum atomic E-state index is -1.19. The summed E-state index contributed by atoms with van der Waals surface area (Å²) in [7, 11) is 0. The molecule has 0 heterocycles. The quantitative estimate of drug-likeness (QED) is 0.179. The lowest BCUT2D eigenvalue weighted by atomic mass is 10.3. The summed E-state index contributed by atoms with van der Waals surface area (Å²) in [5, 5.41) is 39.0. The maximum Gasteiger partial charge on any atom is 0.317 e. The lowest BCUT2D eigenvalue weighted by Crippen LogP contribution is -2.46. The van der Waals surface area contributed by atoms with E-state index in [1.54, 1.807) is 0 Å². The number of carboxylic acid groups (broad SMARTS) is 2. The van der Waals surface area contributed by atoms with Gasteiger partial charge in [0.05, 0.1) is 26.2 Å². The Morgan fingerprint density at radius 1 is 0.667 bits per heavy atom. The predicted octanol–water partition coefficient (Wildman–Crippen LogP) is -4.11. The molecule has 0 rings (SSSR count). The number of rotatable bonds is 13. The molecule has 0 aliphatic heterocycles. The van der Waals surface area contributed by atoms with Crippen LogP contribution in [0.4, 0.5) is 0 Å². The highest BCUT2D eigenvalue weighted by Crippen LogP contribution is 1.94. The first kappa shape index (κ1) is 21.7. The summed E-state index contributed by atoms with van der Waals surface area (Å²) in [4.78, 5) is 46.9. The van der Waals surface area contributed by atoms with Crippen molar-refractivity contribution in [1.29, 1.82) is 0 Å². The number of hydrogen-bond acceptors (Lipinski definition) is 8. The molecular formula is C12H22N4O8. The predicted molar refractivity (Wildman–Crippen MR) is 78.6 cm³/mol. The van der Waals surface area contributed by atoms with Gasteiger partial charge < -0.3 is 31.1 Å². The normalized spacial score (nSPS) is 10.7. The second-order valence-electron chi connectivity index (χ2n) is 4.72. The van der Waals surface area contributed by atoms with E-state index in [1.807, 2.05) is 0 Å². The maximum absolute atomic E-state index is 11.4. The lowest BCUT2D eigenvalue weighted by Gasteiger charge is -2.24. The minimum absolute atomic E-state index is 0.00480. The molecule has 0 aromatic carbocycles. The highest BCUT2D eigenvalue weighted by molar-refractivity contribution is 5.79. The first-order chi connectivity index (χ1) is 11.3. The van der Waals surface area contributed by atoms with Gasteiger partial charge in [-0.05, 0) is 0 Å². The van der Waals surface area contributed by atoms with Gasteiger partial charge in [0.25, 0.3) is 0 Å². The number of amides is 2. The maximum atomic E-state index is 11.4. The largest absolute Gasteiger partial charge is 0.480 e. The number of carbonyl (C=O) groups excluding carboxylic acids is 2. The highest BCUT2D eigenvalue weighted by Gasteiger charge is 2.18. The van der Waals surface area contributed by atoms with E-state index >= 15 is 0 Å². The molecule has 0 bridgehead atoms. The zero-order chi connectivity index (χ0) is 18.5. The topological polar surface area (TPSA) is 180 Å². The van der Waals surface area contributed by atoms with Crippen molar-refractivity contribution in [2.45, 2.75) is 0 Å². The van der Waals surface area contributed by atoms with E-state index < -0.39 is 50.3 Å². The van der Waals surface area contributed by atoms with Gasteiger partial charge in [-0.2, -0.15) is 0 Å². The molecule has 0 unspecified atom stereocenters. The third kappa shape index (κ3) is 11.3. The molecule has 12 heteroatoms. The Bertz CT molecular complexity index is 405. The van der Waals surface area contributed by atoms with Crippen molar-refractivity contribution in [1.82, 2.24) is 20.4 Å². The number of nitrogens with one attached hydrogen (secondary N) is 2. The van der Waals surface area contributed by atoms with Gasteiger partial charge in [0.15, 0.2) is 0 Å². The summed E-state index contributed by atoms with van der Waals surface area (Å²) in [5.74, 6) is -3.56. The number of carbonyl (C=O) groups is 4. The summed E-state index contributed by atoms with van der Waals surface area (Å²) in [6.45, 7) is -2.73. The number of carboxylic acids is 2. The van der Waals surface area contributed by atoms with Crippen LogP contribution in [0.15, 0.2) is 0 Å². The Kier molecular flexibility index (Phi) is 11.0. The van der Waals surface area contributed by atoms with Crippen LogP contribution in [-0.4, -0.2) is 107 Å². The average Bonchev–Trinajstić information content (AvgIpc) is 2.43. The summed E-state index contributed by atoms with van der Waals surface area (Å²) in [6, 6.07) is 0. The first-order valence-electron chi connectivity index (χ1n) is 6.91. The summed E-state index contributed by atoms with van der Waals surface area (Å²) in [6.07, 6.45) is 0. The summed E-state index contributed by atoms with van der Waals surface area (Å²) in [5.41, 5.74) is 0. The van der Waals surface area contributed by atoms with Gasteiger partial charge in [0.2, 0.25) is 11.8 Å². The molecule has 0 aliphatic rings. The van der Waals surface area contributed by atoms with Crippen LogP contribution in [0.5, 0.6) is 0 Å². The van der Waals surface area contributed by atoms with Crippen molar-refractivity contribution in [2.24, 2.45) is 0 Å². The Labute approximate surface area is 137 Å². The molecule has 138 valence electrons. The number of hydrogen-bond donors (Lipinski definition) is 6. The smallest absolute Gasteiger partial charge is 0.317 e. The second-order valence-corrected chi connectivity index (χ2v) is 4.72. The minimum Gasteiger partial charge on any atom is -0.480 e. The molecule has 0 saturated heterocycles. The Balaban J connectivity index is 4.68. The second kappa shape index (κ2) is 12.2. The molecule has 0 aromatic heterocycles. The van der Waals surface area contributed by atoms with Gasteiger partial charge in [-0.3, -0.25) is 29.0 Å². The van der Waals surface area contributed by atoms with Crippen LogP contribution in [-0.2, 0) is 19.2 Å². The van der Waals surface area contributed by atoms with Crippen LogP contribution in [0.25, 0.3) is 0 Å². The van der Waals surface area contributed by atoms with Crippen LogP contribution in [0.1, 0.15) is 0 Å². The fourth-order valence-corrected chi connectivity index (χ4v) is 1.79. The zero-order valence-corrected chi connectivity index (χ0v) is 13.0. The van der Waals surface area contributed by atoms with E-state index in [-0.39, 0.29) is 26.2 Å². The fourth-order valence-electron chi connectivity index (χ4n) is 1.79. The Hall–Kier alpha value is -2.28. The van der Waals surface area contributed by atoms with Crippen molar-refractivity contribution in [3.63, 3.8) is 0 Å². The van der Waals surface area contributed by atoms with Gasteiger partial charge in [-0.15, -0.1) is 0 Å². The van der Waals surface area contributed by atoms with E-state index in [1.165, 1.54) is 9.80 Å². The van der Waals surface area contributed by atoms with Crippen molar-refractivity contribution in [3.8, 4) is 0 Å². The van der Waals surface area contributed by atoms with Crippen LogP contribution < -0.4 is 10.6 Å². The van der Waals surface area contributed by atoms with E-state index in [2.05, 4.69) is 10.6 Å². The van der Waals surface area contributed by atoms with Crippen molar-refractivity contribution < 1.29 is 39.6 Å². The molecule has 0 atom stereocenters. The molecule has 0 saturated carbocycles. The Morgan fingerprint density at radius 2 is 1.00 bits per heavy atom. The number of nitrogens with zero attached hydrogens (tertiary/aromatic N) is 2. The van der Waals surface area contributed by atoms with Gasteiger partial charge >= 0.3 is 11.9 Å². The van der Waals surface area contributed by atoms with Crippen molar-refractivity contribution in [3.05, 3.63) is 0 Å². The lowest BCUT2D eigenvalue weighted by molar-refractivity contribution is -0.141. The summed E-state index contributed by atoms with van der Waals surface area (Å²) >= 11 is 0. The van der Waals surface area contributed by atoms with E-state index in [9.17, 15) is 19.2 Å². The molecule has 2 amide bonds. The molecule has 0 spiro atoms. The van der Waals surface area contributed by atoms with Crippen molar-refractivity contribution >= 4 is 23.8 Å². The first-order valence-corrected chi connectivity index (χ1v) is 6.91. The van der Waals surface area contributed by atoms with Gasteiger partial charge in [0.1, 0.15) is 13.5 Å². The fraction of sp³-hybridized carbons (Fsp3) is 0.667. The monoisotopic (exact) mass is 350 g/mol. The highest BCUT2D eigenvalue weighted by atomic mass is 16.4. The molecule has 0 aliphatic carbocycles. The van der Waals surface area contributed by atoms with E-state index in [0.29, 0.717) is 0 Å². The van der Waals surface area contributed by atoms with E-state index in [0.717, 1.165) is 0 Å². The van der Waals surface area contributed by atoms with Crippen LogP contribution >= 0.6 is 0 Å². The summed E-state index contributed by atoms with van der Waals surface area (Å²) < 4.78 is 0. The molecular weight excluding hydrogens is 328 g/mol. The molecule has 12 nitrogen and oxygen atoms in total. The zero-order valence-electron chi connectivity index (χ0n) is 13.0. The number of aliphatic hydroxyl groups is 2. The standard InChI is InChI=1S/C12H22N4O8/c17-7-13-9(19)3-15(5-11(21)22)1-2-16(6-12(23)24)4-10(20)14-8-18/h17-18H,1-8H2,(H,13,19)(H,14,20)(H,21,22)(H,23,24). The number of aliphatic carboxylic acids is 2. The molecule has 0 radical (unpaired) electrons. The van der Waals surface area contributed by atoms with E-state index in [4.69, 9.17) is 20.4 Å².